The van der Waals surface area contributed by atoms with Crippen LogP contribution in [0.5, 0.6) is 0 Å². The molecular formula is C10H8F4N2O4. The second kappa shape index (κ2) is 5.72. The quantitative estimate of drug-likeness (QED) is 0.511. The number of carbonyl (C=O) groups is 1. The Morgan fingerprint density at radius 1 is 1.40 bits per heavy atom. The largest absolute Gasteiger partial charge is 0.480 e. The number of alkyl halides is 3. The van der Waals surface area contributed by atoms with Crippen molar-refractivity contribution < 1.29 is 32.4 Å². The zero-order valence-electron chi connectivity index (χ0n) is 9.72. The number of hydrogen-bond acceptors (Lipinski definition) is 4. The van der Waals surface area contributed by atoms with E-state index in [0.29, 0.717) is 6.07 Å². The van der Waals surface area contributed by atoms with Crippen LogP contribution < -0.4 is 4.90 Å². The van der Waals surface area contributed by atoms with Crippen molar-refractivity contribution in [3.63, 3.8) is 0 Å². The Hall–Kier alpha value is -2.39. The van der Waals surface area contributed by atoms with E-state index in [4.69, 9.17) is 5.11 Å². The topological polar surface area (TPSA) is 83.7 Å². The second-order valence-corrected chi connectivity index (χ2v) is 3.76. The van der Waals surface area contributed by atoms with E-state index in [1.807, 2.05) is 0 Å². The summed E-state index contributed by atoms with van der Waals surface area (Å²) in [6.07, 6.45) is -4.75. The van der Waals surface area contributed by atoms with Crippen LogP contribution in [0, 0.1) is 15.9 Å². The molecule has 0 aromatic heterocycles. The van der Waals surface area contributed by atoms with Crippen LogP contribution in [-0.4, -0.2) is 35.3 Å². The average molecular weight is 296 g/mol. The van der Waals surface area contributed by atoms with E-state index in [1.165, 1.54) is 0 Å². The van der Waals surface area contributed by atoms with E-state index in [2.05, 4.69) is 0 Å². The van der Waals surface area contributed by atoms with Crippen molar-refractivity contribution in [1.29, 1.82) is 0 Å². The highest BCUT2D eigenvalue weighted by Gasteiger charge is 2.33. The number of hydrogen-bond donors (Lipinski definition) is 1. The maximum absolute atomic E-state index is 13.6. The van der Waals surface area contributed by atoms with Crippen LogP contribution in [0.15, 0.2) is 18.2 Å². The number of carboxylic acids is 1. The van der Waals surface area contributed by atoms with Crippen molar-refractivity contribution in [3.05, 3.63) is 34.1 Å². The Balaban J connectivity index is 3.13. The molecule has 0 saturated heterocycles. The molecular weight excluding hydrogens is 288 g/mol. The molecule has 0 spiro atoms. The zero-order chi connectivity index (χ0) is 15.5. The molecule has 6 nitrogen and oxygen atoms in total. The molecule has 0 aliphatic rings. The minimum Gasteiger partial charge on any atom is -0.480 e. The van der Waals surface area contributed by atoms with Crippen molar-refractivity contribution in [3.8, 4) is 0 Å². The molecule has 20 heavy (non-hydrogen) atoms. The maximum atomic E-state index is 13.6. The van der Waals surface area contributed by atoms with Gasteiger partial charge in [-0.05, 0) is 6.07 Å². The predicted octanol–water partition coefficient (Wildman–Crippen LogP) is 2.19. The van der Waals surface area contributed by atoms with Gasteiger partial charge in [-0.15, -0.1) is 0 Å². The number of non-ortho nitro benzene ring substituents is 1. The summed E-state index contributed by atoms with van der Waals surface area (Å²) in [5, 5.41) is 18.9. The molecule has 110 valence electrons. The number of halogens is 4. The lowest BCUT2D eigenvalue weighted by atomic mass is 10.2. The molecule has 0 fully saturated rings. The Kier molecular flexibility index (Phi) is 4.48. The van der Waals surface area contributed by atoms with Gasteiger partial charge in [0.05, 0.1) is 16.7 Å². The van der Waals surface area contributed by atoms with E-state index in [1.54, 1.807) is 0 Å². The number of nitrogens with zero attached hydrogens (tertiary/aromatic N) is 2. The number of benzene rings is 1. The Morgan fingerprint density at radius 3 is 2.40 bits per heavy atom. The van der Waals surface area contributed by atoms with Gasteiger partial charge in [-0.3, -0.25) is 14.9 Å². The van der Waals surface area contributed by atoms with Crippen molar-refractivity contribution >= 4 is 17.3 Å². The fraction of sp³-hybridized carbons (Fsp3) is 0.300. The summed E-state index contributed by atoms with van der Waals surface area (Å²) in [7, 11) is 0. The standard InChI is InChI=1S/C10H8F4N2O4/c11-7-3-6(16(19)20)1-2-8(7)15(4-9(17)18)5-10(12,13)14/h1-3H,4-5H2,(H,17,18). The molecule has 0 atom stereocenters. The minimum atomic E-state index is -4.75. The summed E-state index contributed by atoms with van der Waals surface area (Å²) < 4.78 is 50.5. The van der Waals surface area contributed by atoms with Gasteiger partial charge in [-0.2, -0.15) is 13.2 Å². The Morgan fingerprint density at radius 2 is 2.00 bits per heavy atom. The molecule has 1 aromatic rings. The molecule has 0 amide bonds. The SMILES string of the molecule is O=C(O)CN(CC(F)(F)F)c1ccc([N+](=O)[O-])cc1F. The summed E-state index contributed by atoms with van der Waals surface area (Å²) >= 11 is 0. The number of aliphatic carboxylic acids is 1. The third kappa shape index (κ3) is 4.37. The lowest BCUT2D eigenvalue weighted by molar-refractivity contribution is -0.385. The minimum absolute atomic E-state index is 0.237. The monoisotopic (exact) mass is 296 g/mol. The molecule has 1 rings (SSSR count). The molecule has 0 aliphatic carbocycles. The molecule has 1 aromatic carbocycles. The molecule has 1 N–H and O–H groups in total. The van der Waals surface area contributed by atoms with E-state index >= 15 is 0 Å². The van der Waals surface area contributed by atoms with Crippen LogP contribution in [0.25, 0.3) is 0 Å². The van der Waals surface area contributed by atoms with E-state index in [0.717, 1.165) is 12.1 Å². The lowest BCUT2D eigenvalue weighted by Gasteiger charge is -2.24. The van der Waals surface area contributed by atoms with Gasteiger partial charge in [0.15, 0.2) is 5.82 Å². The molecule has 0 saturated carbocycles. The van der Waals surface area contributed by atoms with Gasteiger partial charge in [0.2, 0.25) is 0 Å². The van der Waals surface area contributed by atoms with Gasteiger partial charge in [0.25, 0.3) is 5.69 Å². The zero-order valence-corrected chi connectivity index (χ0v) is 9.72. The smallest absolute Gasteiger partial charge is 0.405 e. The first kappa shape index (κ1) is 15.7. The summed E-state index contributed by atoms with van der Waals surface area (Å²) in [5.41, 5.74) is -1.32. The van der Waals surface area contributed by atoms with Crippen LogP contribution in [-0.2, 0) is 4.79 Å². The highest BCUT2D eigenvalue weighted by Crippen LogP contribution is 2.27. The van der Waals surface area contributed by atoms with Crippen LogP contribution in [0.3, 0.4) is 0 Å². The Labute approximate surface area is 109 Å². The van der Waals surface area contributed by atoms with Crippen LogP contribution in [0.4, 0.5) is 28.9 Å². The van der Waals surface area contributed by atoms with E-state index in [9.17, 15) is 32.5 Å². The summed E-state index contributed by atoms with van der Waals surface area (Å²) in [6.45, 7) is -2.78. The summed E-state index contributed by atoms with van der Waals surface area (Å²) in [4.78, 5) is 20.2. The van der Waals surface area contributed by atoms with E-state index in [-0.39, 0.29) is 4.90 Å². The second-order valence-electron chi connectivity index (χ2n) is 3.76. The highest BCUT2D eigenvalue weighted by molar-refractivity contribution is 5.74. The fourth-order valence-electron chi connectivity index (χ4n) is 1.47. The first-order chi connectivity index (χ1) is 9.10. The van der Waals surface area contributed by atoms with Gasteiger partial charge in [0.1, 0.15) is 13.1 Å². The van der Waals surface area contributed by atoms with Crippen molar-refractivity contribution in [2.24, 2.45) is 0 Å². The maximum Gasteiger partial charge on any atom is 0.405 e. The Bertz CT molecular complexity index is 532. The highest BCUT2D eigenvalue weighted by atomic mass is 19.4. The van der Waals surface area contributed by atoms with Crippen molar-refractivity contribution in [2.45, 2.75) is 6.18 Å². The van der Waals surface area contributed by atoms with E-state index < -0.39 is 47.4 Å². The fourth-order valence-corrected chi connectivity index (χ4v) is 1.47. The normalized spacial score (nSPS) is 11.2. The summed E-state index contributed by atoms with van der Waals surface area (Å²) in [5.74, 6) is -2.89. The number of nitro groups is 1. The third-order valence-corrected chi connectivity index (χ3v) is 2.18. The molecule has 0 aliphatic heterocycles. The summed E-state index contributed by atoms with van der Waals surface area (Å²) in [6, 6.07) is 1.96. The molecule has 0 heterocycles. The molecule has 0 unspecified atom stereocenters. The number of rotatable bonds is 5. The lowest BCUT2D eigenvalue weighted by Crippen LogP contribution is -2.38. The molecule has 0 bridgehead atoms. The first-order valence-corrected chi connectivity index (χ1v) is 5.07. The van der Waals surface area contributed by atoms with Crippen molar-refractivity contribution in [1.82, 2.24) is 0 Å². The third-order valence-electron chi connectivity index (χ3n) is 2.18. The number of carboxylic acid groups (broad SMARTS) is 1. The average Bonchev–Trinajstić information content (AvgIpc) is 2.25. The van der Waals surface area contributed by atoms with Crippen LogP contribution in [0.1, 0.15) is 0 Å². The van der Waals surface area contributed by atoms with Crippen LogP contribution >= 0.6 is 0 Å². The number of nitro benzene ring substituents is 1. The molecule has 10 heteroatoms. The van der Waals surface area contributed by atoms with Gasteiger partial charge < -0.3 is 10.0 Å². The van der Waals surface area contributed by atoms with Crippen LogP contribution in [0.2, 0.25) is 0 Å². The van der Waals surface area contributed by atoms with Gasteiger partial charge in [0, 0.05) is 6.07 Å². The van der Waals surface area contributed by atoms with Gasteiger partial charge in [-0.1, -0.05) is 0 Å². The predicted molar refractivity (Wildman–Crippen MR) is 59.0 cm³/mol. The first-order valence-electron chi connectivity index (χ1n) is 5.07. The number of anilines is 1. The van der Waals surface area contributed by atoms with Gasteiger partial charge >= 0.3 is 12.1 Å². The van der Waals surface area contributed by atoms with Crippen molar-refractivity contribution in [2.75, 3.05) is 18.0 Å². The van der Waals surface area contributed by atoms with Gasteiger partial charge in [-0.25, -0.2) is 4.39 Å². The molecule has 0 radical (unpaired) electrons.